The number of ether oxygens (including phenoxy) is 1. The Morgan fingerprint density at radius 1 is 1.14 bits per heavy atom. The van der Waals surface area contributed by atoms with E-state index in [4.69, 9.17) is 4.74 Å². The number of benzene rings is 2. The predicted molar refractivity (Wildman–Crippen MR) is 108 cm³/mol. The van der Waals surface area contributed by atoms with Crippen LogP contribution in [0, 0.1) is 13.8 Å². The topological polar surface area (TPSA) is 88.2 Å². The summed E-state index contributed by atoms with van der Waals surface area (Å²) in [6.07, 6.45) is -0.125. The largest absolute Gasteiger partial charge is 0.497 e. The van der Waals surface area contributed by atoms with E-state index in [-0.39, 0.29) is 11.9 Å². The molecular formula is C21H23N5O2. The number of methoxy groups -OCH3 is 1. The summed E-state index contributed by atoms with van der Waals surface area (Å²) >= 11 is 0. The molecule has 1 aliphatic heterocycles. The molecule has 0 bridgehead atoms. The standard InChI is InChI=1S/C21H23N5O2/c1-12-6-4-9-16-13(2)22-20(25-19(12)16)26-21-23-17(11-18(27)24-21)14-7-5-8-15(10-14)28-3/h4-10,17,21,23H,11H2,1-3H3,(H,24,27)(H,22,25,26). The van der Waals surface area contributed by atoms with Crippen LogP contribution in [0.25, 0.3) is 10.9 Å². The van der Waals surface area contributed by atoms with Gasteiger partial charge in [-0.25, -0.2) is 9.97 Å². The summed E-state index contributed by atoms with van der Waals surface area (Å²) in [5.74, 6) is 1.19. The molecule has 2 unspecified atom stereocenters. The van der Waals surface area contributed by atoms with Crippen molar-refractivity contribution in [2.24, 2.45) is 0 Å². The monoisotopic (exact) mass is 377 g/mol. The highest BCUT2D eigenvalue weighted by Gasteiger charge is 2.27. The zero-order valence-corrected chi connectivity index (χ0v) is 16.1. The Morgan fingerprint density at radius 2 is 1.96 bits per heavy atom. The van der Waals surface area contributed by atoms with Crippen molar-refractivity contribution in [3.8, 4) is 5.75 Å². The number of fused-ring (bicyclic) bond motifs is 1. The summed E-state index contributed by atoms with van der Waals surface area (Å²) in [5, 5.41) is 10.5. The fourth-order valence-corrected chi connectivity index (χ4v) is 3.50. The van der Waals surface area contributed by atoms with Crippen LogP contribution in [0.15, 0.2) is 42.5 Å². The molecule has 2 atom stereocenters. The highest BCUT2D eigenvalue weighted by molar-refractivity contribution is 5.84. The average molecular weight is 377 g/mol. The summed E-state index contributed by atoms with van der Waals surface area (Å²) in [6, 6.07) is 13.6. The van der Waals surface area contributed by atoms with Crippen LogP contribution in [0.4, 0.5) is 5.95 Å². The molecule has 7 heteroatoms. The van der Waals surface area contributed by atoms with Crippen LogP contribution in [-0.2, 0) is 4.79 Å². The maximum absolute atomic E-state index is 12.3. The lowest BCUT2D eigenvalue weighted by Crippen LogP contribution is -2.56. The number of carbonyl (C=O) groups excluding carboxylic acids is 1. The van der Waals surface area contributed by atoms with Gasteiger partial charge in [-0.3, -0.25) is 10.1 Å². The number of nitrogens with one attached hydrogen (secondary N) is 3. The van der Waals surface area contributed by atoms with E-state index in [0.717, 1.165) is 33.5 Å². The van der Waals surface area contributed by atoms with Gasteiger partial charge in [-0.05, 0) is 37.1 Å². The second-order valence-corrected chi connectivity index (χ2v) is 6.95. The fraction of sp³-hybridized carbons (Fsp3) is 0.286. The first-order chi connectivity index (χ1) is 13.5. The number of amides is 1. The van der Waals surface area contributed by atoms with E-state index < -0.39 is 6.29 Å². The van der Waals surface area contributed by atoms with Gasteiger partial charge >= 0.3 is 0 Å². The van der Waals surface area contributed by atoms with Gasteiger partial charge in [0.2, 0.25) is 11.9 Å². The Hall–Kier alpha value is -3.19. The quantitative estimate of drug-likeness (QED) is 0.648. The van der Waals surface area contributed by atoms with Crippen molar-refractivity contribution in [3.05, 3.63) is 59.3 Å². The van der Waals surface area contributed by atoms with Crippen LogP contribution in [0.3, 0.4) is 0 Å². The second-order valence-electron chi connectivity index (χ2n) is 6.95. The number of anilines is 1. The summed E-state index contributed by atoms with van der Waals surface area (Å²) in [5.41, 5.74) is 3.88. The number of aryl methyl sites for hydroxylation is 2. The molecule has 7 nitrogen and oxygen atoms in total. The molecular weight excluding hydrogens is 354 g/mol. The number of nitrogens with zero attached hydrogens (tertiary/aromatic N) is 2. The SMILES string of the molecule is COc1cccc(C2CC(=O)NC(Nc3nc(C)c4cccc(C)c4n3)N2)c1. The summed E-state index contributed by atoms with van der Waals surface area (Å²) in [7, 11) is 1.63. The smallest absolute Gasteiger partial charge is 0.226 e. The third-order valence-corrected chi connectivity index (χ3v) is 4.95. The number of rotatable bonds is 4. The van der Waals surface area contributed by atoms with Crippen LogP contribution in [-0.4, -0.2) is 29.3 Å². The van der Waals surface area contributed by atoms with Gasteiger partial charge in [0.15, 0.2) is 6.29 Å². The van der Waals surface area contributed by atoms with Crippen molar-refractivity contribution in [2.75, 3.05) is 12.4 Å². The van der Waals surface area contributed by atoms with Crippen molar-refractivity contribution in [3.63, 3.8) is 0 Å². The van der Waals surface area contributed by atoms with E-state index in [2.05, 4.69) is 25.9 Å². The first-order valence-corrected chi connectivity index (χ1v) is 9.23. The third kappa shape index (κ3) is 3.61. The lowest BCUT2D eigenvalue weighted by atomic mass is 10.0. The Bertz CT molecular complexity index is 1040. The highest BCUT2D eigenvalue weighted by atomic mass is 16.5. The van der Waals surface area contributed by atoms with Crippen LogP contribution in [0.1, 0.15) is 29.3 Å². The zero-order valence-electron chi connectivity index (χ0n) is 16.1. The maximum Gasteiger partial charge on any atom is 0.226 e. The average Bonchev–Trinajstić information content (AvgIpc) is 2.68. The zero-order chi connectivity index (χ0) is 19.7. The van der Waals surface area contributed by atoms with Crippen LogP contribution in [0.5, 0.6) is 5.75 Å². The molecule has 1 aliphatic rings. The molecule has 3 aromatic rings. The minimum absolute atomic E-state index is 0.0437. The Labute approximate surface area is 163 Å². The molecule has 2 aromatic carbocycles. The molecule has 0 spiro atoms. The molecule has 3 N–H and O–H groups in total. The molecule has 1 fully saturated rings. The number of hydrogen-bond acceptors (Lipinski definition) is 6. The van der Waals surface area contributed by atoms with Crippen molar-refractivity contribution in [1.82, 2.24) is 20.6 Å². The van der Waals surface area contributed by atoms with Crippen LogP contribution < -0.4 is 20.7 Å². The minimum atomic E-state index is -0.474. The van der Waals surface area contributed by atoms with Crippen molar-refractivity contribution >= 4 is 22.8 Å². The Kier molecular flexibility index (Phi) is 4.83. The molecule has 0 saturated carbocycles. The summed E-state index contributed by atoms with van der Waals surface area (Å²) < 4.78 is 5.30. The number of carbonyl (C=O) groups is 1. The van der Waals surface area contributed by atoms with Gasteiger partial charge < -0.3 is 15.4 Å². The van der Waals surface area contributed by atoms with Crippen molar-refractivity contribution in [2.45, 2.75) is 32.6 Å². The number of hydrogen-bond donors (Lipinski definition) is 3. The first kappa shape index (κ1) is 18.2. The van der Waals surface area contributed by atoms with E-state index in [1.807, 2.05) is 56.3 Å². The summed E-state index contributed by atoms with van der Waals surface area (Å²) in [6.45, 7) is 3.98. The Morgan fingerprint density at radius 3 is 2.79 bits per heavy atom. The highest BCUT2D eigenvalue weighted by Crippen LogP contribution is 2.25. The lowest BCUT2D eigenvalue weighted by molar-refractivity contribution is -0.124. The lowest BCUT2D eigenvalue weighted by Gasteiger charge is -2.32. The van der Waals surface area contributed by atoms with E-state index in [0.29, 0.717) is 12.4 Å². The molecule has 144 valence electrons. The third-order valence-electron chi connectivity index (χ3n) is 4.95. The van der Waals surface area contributed by atoms with E-state index in [1.54, 1.807) is 7.11 Å². The van der Waals surface area contributed by atoms with Crippen molar-refractivity contribution < 1.29 is 9.53 Å². The molecule has 1 amide bonds. The van der Waals surface area contributed by atoms with Gasteiger partial charge in [-0.1, -0.05) is 30.3 Å². The fourth-order valence-electron chi connectivity index (χ4n) is 3.50. The van der Waals surface area contributed by atoms with E-state index in [1.165, 1.54) is 0 Å². The molecule has 1 saturated heterocycles. The molecule has 28 heavy (non-hydrogen) atoms. The van der Waals surface area contributed by atoms with Gasteiger partial charge in [0.25, 0.3) is 0 Å². The van der Waals surface area contributed by atoms with Gasteiger partial charge in [0.05, 0.1) is 18.3 Å². The van der Waals surface area contributed by atoms with Gasteiger partial charge in [-0.2, -0.15) is 0 Å². The first-order valence-electron chi connectivity index (χ1n) is 9.23. The minimum Gasteiger partial charge on any atom is -0.497 e. The van der Waals surface area contributed by atoms with E-state index in [9.17, 15) is 4.79 Å². The van der Waals surface area contributed by atoms with Gasteiger partial charge in [0, 0.05) is 17.8 Å². The molecule has 0 aliphatic carbocycles. The van der Waals surface area contributed by atoms with Crippen molar-refractivity contribution in [1.29, 1.82) is 0 Å². The maximum atomic E-state index is 12.3. The van der Waals surface area contributed by atoms with E-state index >= 15 is 0 Å². The Balaban J connectivity index is 1.58. The molecule has 1 aromatic heterocycles. The number of para-hydroxylation sites is 1. The van der Waals surface area contributed by atoms with Crippen LogP contribution in [0.2, 0.25) is 0 Å². The predicted octanol–water partition coefficient (Wildman–Crippen LogP) is 2.80. The van der Waals surface area contributed by atoms with Gasteiger partial charge in [-0.15, -0.1) is 0 Å². The van der Waals surface area contributed by atoms with Gasteiger partial charge in [0.1, 0.15) is 5.75 Å². The normalized spacial score (nSPS) is 19.3. The molecule has 0 radical (unpaired) electrons. The molecule has 4 rings (SSSR count). The van der Waals surface area contributed by atoms with Crippen LogP contribution >= 0.6 is 0 Å². The molecule has 2 heterocycles. The summed E-state index contributed by atoms with van der Waals surface area (Å²) in [4.78, 5) is 21.5. The number of aromatic nitrogens is 2. The second kappa shape index (κ2) is 7.44.